The van der Waals surface area contributed by atoms with Crippen LogP contribution < -0.4 is 0 Å². The van der Waals surface area contributed by atoms with Crippen LogP contribution in [0.5, 0.6) is 0 Å². The van der Waals surface area contributed by atoms with Crippen molar-refractivity contribution < 1.29 is 25.2 Å². The first-order valence-electron chi connectivity index (χ1n) is 3.11. The Hall–Kier alpha value is 0.426. The molecule has 0 atom stereocenters. The standard InChI is InChI=1S/C6H13O2.Co/c1-4-7-6(3)8-5-2;/h6H,3-5H2,1-2H3;/q;+2. The molecule has 0 aliphatic carbocycles. The van der Waals surface area contributed by atoms with E-state index in [0.29, 0.717) is 18.6 Å². The van der Waals surface area contributed by atoms with Crippen molar-refractivity contribution >= 4 is 0 Å². The molecule has 0 aliphatic heterocycles. The minimum atomic E-state index is -0.125. The maximum absolute atomic E-state index is 5.13. The molecule has 0 unspecified atom stereocenters. The van der Waals surface area contributed by atoms with E-state index in [1.807, 2.05) is 13.8 Å². The van der Waals surface area contributed by atoms with Gasteiger partial charge in [-0.1, -0.05) is 0 Å². The molecule has 0 bridgehead atoms. The van der Waals surface area contributed by atoms with Crippen LogP contribution in [0.4, 0.5) is 0 Å². The summed E-state index contributed by atoms with van der Waals surface area (Å²) < 4.78 is 10.3. The summed E-state index contributed by atoms with van der Waals surface area (Å²) in [6, 6.07) is 0. The molecule has 0 amide bonds. The van der Waals surface area contributed by atoms with E-state index >= 15 is 0 Å². The van der Waals surface area contributed by atoms with Crippen LogP contribution in [0.15, 0.2) is 0 Å². The number of ether oxygens (including phenoxy) is 2. The molecular formula is C6H13CoO2+2. The molecule has 2 nitrogen and oxygen atoms in total. The summed E-state index contributed by atoms with van der Waals surface area (Å²) in [6.07, 6.45) is -0.125. The van der Waals surface area contributed by atoms with Crippen molar-refractivity contribution in [2.75, 3.05) is 13.2 Å². The maximum atomic E-state index is 5.13. The van der Waals surface area contributed by atoms with Gasteiger partial charge in [-0.15, -0.1) is 0 Å². The van der Waals surface area contributed by atoms with E-state index in [-0.39, 0.29) is 6.29 Å². The fourth-order valence-corrected chi connectivity index (χ4v) is 0.744. The van der Waals surface area contributed by atoms with Crippen LogP contribution in [0.1, 0.15) is 13.8 Å². The first kappa shape index (κ1) is 9.43. The number of rotatable bonds is 5. The predicted molar refractivity (Wildman–Crippen MR) is 31.8 cm³/mol. The second kappa shape index (κ2) is 6.55. The monoisotopic (exact) mass is 176 g/mol. The molecule has 9 heavy (non-hydrogen) atoms. The van der Waals surface area contributed by atoms with Gasteiger partial charge in [-0.2, -0.15) is 0 Å². The Bertz CT molecular complexity index is 53.0. The molecule has 0 spiro atoms. The summed E-state index contributed by atoms with van der Waals surface area (Å²) >= 11 is 4.08. The molecule has 0 rings (SSSR count). The third kappa shape index (κ3) is 4.90. The SMILES string of the molecule is CCOC([CH2][Co+2])OCC. The summed E-state index contributed by atoms with van der Waals surface area (Å²) in [5, 5.41) is 0.620. The summed E-state index contributed by atoms with van der Waals surface area (Å²) in [5.41, 5.74) is 0. The van der Waals surface area contributed by atoms with Crippen LogP contribution in [0.3, 0.4) is 0 Å². The van der Waals surface area contributed by atoms with Gasteiger partial charge in [0.05, 0.1) is 0 Å². The molecule has 0 aromatic carbocycles. The van der Waals surface area contributed by atoms with Gasteiger partial charge in [0.1, 0.15) is 0 Å². The molecule has 0 saturated carbocycles. The molecule has 0 aliphatic rings. The third-order valence-electron chi connectivity index (χ3n) is 0.816. The van der Waals surface area contributed by atoms with Crippen LogP contribution in [0.2, 0.25) is 5.36 Å². The van der Waals surface area contributed by atoms with Crippen molar-refractivity contribution in [1.82, 2.24) is 0 Å². The van der Waals surface area contributed by atoms with Crippen LogP contribution in [-0.4, -0.2) is 19.5 Å². The molecule has 0 aromatic heterocycles. The molecule has 0 radical (unpaired) electrons. The number of hydrogen-bond donors (Lipinski definition) is 0. The first-order valence-corrected chi connectivity index (χ1v) is 3.84. The third-order valence-corrected chi connectivity index (χ3v) is 1.16. The van der Waals surface area contributed by atoms with Crippen LogP contribution in [0.25, 0.3) is 0 Å². The van der Waals surface area contributed by atoms with E-state index in [2.05, 4.69) is 15.7 Å². The van der Waals surface area contributed by atoms with Gasteiger partial charge < -0.3 is 0 Å². The Morgan fingerprint density at radius 1 is 1.22 bits per heavy atom. The zero-order valence-corrected chi connectivity index (χ0v) is 6.89. The zero-order chi connectivity index (χ0) is 7.11. The Morgan fingerprint density at radius 2 is 1.67 bits per heavy atom. The van der Waals surface area contributed by atoms with Crippen molar-refractivity contribution in [2.45, 2.75) is 25.5 Å². The Balaban J connectivity index is 3.18. The minimum absolute atomic E-state index is 0.125. The van der Waals surface area contributed by atoms with Gasteiger partial charge in [-0.25, -0.2) is 0 Å². The molecule has 0 aromatic rings. The zero-order valence-electron chi connectivity index (χ0n) is 5.85. The summed E-state index contributed by atoms with van der Waals surface area (Å²) in [4.78, 5) is 0. The van der Waals surface area contributed by atoms with E-state index in [4.69, 9.17) is 9.47 Å². The molecule has 0 saturated heterocycles. The quantitative estimate of drug-likeness (QED) is 0.588. The van der Waals surface area contributed by atoms with Gasteiger partial charge in [-0.05, 0) is 0 Å². The van der Waals surface area contributed by atoms with Gasteiger partial charge in [0.25, 0.3) is 0 Å². The normalized spacial score (nSPS) is 10.7. The van der Waals surface area contributed by atoms with Crippen LogP contribution in [-0.2, 0) is 25.2 Å². The van der Waals surface area contributed by atoms with Gasteiger partial charge in [-0.3, -0.25) is 0 Å². The van der Waals surface area contributed by atoms with E-state index in [0.717, 1.165) is 0 Å². The van der Waals surface area contributed by atoms with Crippen molar-refractivity contribution in [1.29, 1.82) is 0 Å². The molecule has 0 N–H and O–H groups in total. The molecule has 0 heterocycles. The average molecular weight is 176 g/mol. The summed E-state index contributed by atoms with van der Waals surface area (Å²) in [6.45, 7) is 5.25. The number of hydrogen-bond acceptors (Lipinski definition) is 2. The molecule has 0 fully saturated rings. The van der Waals surface area contributed by atoms with Crippen LogP contribution >= 0.6 is 0 Å². The van der Waals surface area contributed by atoms with Crippen molar-refractivity contribution in [3.63, 3.8) is 0 Å². The van der Waals surface area contributed by atoms with E-state index in [1.54, 1.807) is 0 Å². The topological polar surface area (TPSA) is 18.5 Å². The van der Waals surface area contributed by atoms with Crippen molar-refractivity contribution in [2.24, 2.45) is 0 Å². The van der Waals surface area contributed by atoms with Gasteiger partial charge in [0.15, 0.2) is 0 Å². The molecular weight excluding hydrogens is 163 g/mol. The van der Waals surface area contributed by atoms with E-state index in [1.165, 1.54) is 0 Å². The van der Waals surface area contributed by atoms with Crippen molar-refractivity contribution in [3.05, 3.63) is 0 Å². The Labute approximate surface area is 64.5 Å². The van der Waals surface area contributed by atoms with Gasteiger partial charge in [0.2, 0.25) is 0 Å². The van der Waals surface area contributed by atoms with E-state index < -0.39 is 0 Å². The molecule has 56 valence electrons. The Morgan fingerprint density at radius 3 is 1.89 bits per heavy atom. The summed E-state index contributed by atoms with van der Waals surface area (Å²) in [7, 11) is 0. The second-order valence-electron chi connectivity index (χ2n) is 1.48. The second-order valence-corrected chi connectivity index (χ2v) is 1.90. The van der Waals surface area contributed by atoms with Gasteiger partial charge >= 0.3 is 63.9 Å². The Kier molecular flexibility index (Phi) is 6.86. The fraction of sp³-hybridized carbons (Fsp3) is 1.00. The summed E-state index contributed by atoms with van der Waals surface area (Å²) in [5.74, 6) is 0. The fourth-order valence-electron chi connectivity index (χ4n) is 0.498. The molecule has 3 heteroatoms. The first-order chi connectivity index (χ1) is 4.35. The predicted octanol–water partition coefficient (Wildman–Crippen LogP) is 1.35. The van der Waals surface area contributed by atoms with Crippen LogP contribution in [0, 0.1) is 0 Å². The van der Waals surface area contributed by atoms with E-state index in [9.17, 15) is 0 Å². The average Bonchev–Trinajstić information content (AvgIpc) is 1.88. The van der Waals surface area contributed by atoms with Crippen molar-refractivity contribution in [3.8, 4) is 0 Å². The van der Waals surface area contributed by atoms with Gasteiger partial charge in [0, 0.05) is 0 Å².